The van der Waals surface area contributed by atoms with E-state index in [1.54, 1.807) is 6.92 Å². The zero-order chi connectivity index (χ0) is 16.8. The van der Waals surface area contributed by atoms with Crippen molar-refractivity contribution >= 4 is 6.03 Å². The van der Waals surface area contributed by atoms with Crippen molar-refractivity contribution in [1.29, 1.82) is 0 Å². The fourth-order valence-corrected chi connectivity index (χ4v) is 2.72. The van der Waals surface area contributed by atoms with Gasteiger partial charge in [0.2, 0.25) is 0 Å². The summed E-state index contributed by atoms with van der Waals surface area (Å²) in [6, 6.07) is 8.11. The van der Waals surface area contributed by atoms with Crippen molar-refractivity contribution in [2.45, 2.75) is 52.6 Å². The molecule has 0 aliphatic heterocycles. The monoisotopic (exact) mass is 306 g/mol. The Bertz CT molecular complexity index is 484. The lowest BCUT2D eigenvalue weighted by molar-refractivity contribution is 0.163. The van der Waals surface area contributed by atoms with Crippen molar-refractivity contribution in [3.63, 3.8) is 0 Å². The molecule has 2 unspecified atom stereocenters. The maximum Gasteiger partial charge on any atom is 0.314 e. The molecule has 124 valence electrons. The highest BCUT2D eigenvalue weighted by molar-refractivity contribution is 5.73. The van der Waals surface area contributed by atoms with Crippen LogP contribution in [-0.2, 0) is 5.41 Å². The van der Waals surface area contributed by atoms with Crippen LogP contribution < -0.4 is 10.6 Å². The van der Waals surface area contributed by atoms with Gasteiger partial charge >= 0.3 is 6.03 Å². The van der Waals surface area contributed by atoms with E-state index in [2.05, 4.69) is 43.5 Å². The summed E-state index contributed by atoms with van der Waals surface area (Å²) in [6.45, 7) is 11.3. The topological polar surface area (TPSA) is 61.4 Å². The lowest BCUT2D eigenvalue weighted by Gasteiger charge is -2.27. The maximum atomic E-state index is 11.9. The molecule has 2 amide bonds. The first-order valence-electron chi connectivity index (χ1n) is 7.98. The Balaban J connectivity index is 2.45. The quantitative estimate of drug-likeness (QED) is 0.725. The highest BCUT2D eigenvalue weighted by Crippen LogP contribution is 2.25. The Hall–Kier alpha value is -1.55. The van der Waals surface area contributed by atoms with Crippen LogP contribution in [0.25, 0.3) is 0 Å². The van der Waals surface area contributed by atoms with Crippen molar-refractivity contribution in [2.75, 3.05) is 13.1 Å². The van der Waals surface area contributed by atoms with Crippen LogP contribution in [0.5, 0.6) is 0 Å². The largest absolute Gasteiger partial charge is 0.393 e. The molecule has 0 saturated heterocycles. The molecule has 1 aromatic rings. The molecule has 4 nitrogen and oxygen atoms in total. The zero-order valence-electron chi connectivity index (χ0n) is 14.4. The normalized spacial score (nSPS) is 14.3. The van der Waals surface area contributed by atoms with E-state index in [0.29, 0.717) is 19.5 Å². The SMILES string of the molecule is Cc1ccccc1C(C)(C)CNC(=O)NCC(C)CC(C)O. The van der Waals surface area contributed by atoms with Crippen molar-refractivity contribution in [2.24, 2.45) is 5.92 Å². The number of amides is 2. The first kappa shape index (κ1) is 18.5. The molecule has 0 fully saturated rings. The number of rotatable bonds is 7. The molecule has 1 aromatic carbocycles. The van der Waals surface area contributed by atoms with Gasteiger partial charge in [0.25, 0.3) is 0 Å². The van der Waals surface area contributed by atoms with Crippen LogP contribution in [-0.4, -0.2) is 30.3 Å². The third-order valence-corrected chi connectivity index (χ3v) is 3.92. The van der Waals surface area contributed by atoms with Gasteiger partial charge in [0.1, 0.15) is 0 Å². The van der Waals surface area contributed by atoms with Gasteiger partial charge in [0, 0.05) is 18.5 Å². The molecule has 0 aliphatic carbocycles. The number of nitrogens with one attached hydrogen (secondary N) is 2. The van der Waals surface area contributed by atoms with Crippen LogP contribution in [0.4, 0.5) is 4.79 Å². The van der Waals surface area contributed by atoms with Crippen LogP contribution >= 0.6 is 0 Å². The average molecular weight is 306 g/mol. The fraction of sp³-hybridized carbons (Fsp3) is 0.611. The summed E-state index contributed by atoms with van der Waals surface area (Å²) in [4.78, 5) is 11.9. The molecule has 0 saturated carbocycles. The maximum absolute atomic E-state index is 11.9. The molecule has 0 radical (unpaired) electrons. The minimum atomic E-state index is -0.333. The lowest BCUT2D eigenvalue weighted by Crippen LogP contribution is -2.43. The standard InChI is InChI=1S/C18H30N2O2/c1-13(10-15(3)21)11-19-17(22)20-12-18(4,5)16-9-7-6-8-14(16)2/h6-9,13,15,21H,10-12H2,1-5H3,(H2,19,20,22). The Kier molecular flexibility index (Phi) is 6.88. The molecule has 0 spiro atoms. The van der Waals surface area contributed by atoms with Gasteiger partial charge in [0.15, 0.2) is 0 Å². The summed E-state index contributed by atoms with van der Waals surface area (Å²) in [5.74, 6) is 0.259. The van der Waals surface area contributed by atoms with E-state index in [-0.39, 0.29) is 23.5 Å². The van der Waals surface area contributed by atoms with Crippen LogP contribution in [0.1, 0.15) is 45.2 Å². The smallest absolute Gasteiger partial charge is 0.314 e. The second kappa shape index (κ2) is 8.18. The Morgan fingerprint density at radius 3 is 2.45 bits per heavy atom. The van der Waals surface area contributed by atoms with Gasteiger partial charge in [-0.1, -0.05) is 45.0 Å². The van der Waals surface area contributed by atoms with E-state index < -0.39 is 0 Å². The molecule has 0 heterocycles. The average Bonchev–Trinajstić information content (AvgIpc) is 2.42. The molecule has 22 heavy (non-hydrogen) atoms. The predicted molar refractivity (Wildman–Crippen MR) is 91.1 cm³/mol. The number of hydrogen-bond acceptors (Lipinski definition) is 2. The molecule has 0 aromatic heterocycles. The predicted octanol–water partition coefficient (Wildman–Crippen LogP) is 2.98. The van der Waals surface area contributed by atoms with Crippen LogP contribution in [0.15, 0.2) is 24.3 Å². The highest BCUT2D eigenvalue weighted by atomic mass is 16.3. The number of aliphatic hydroxyl groups is 1. The summed E-state index contributed by atoms with van der Waals surface area (Å²) >= 11 is 0. The minimum Gasteiger partial charge on any atom is -0.393 e. The molecule has 3 N–H and O–H groups in total. The third kappa shape index (κ3) is 6.06. The number of benzene rings is 1. The van der Waals surface area contributed by atoms with E-state index in [0.717, 1.165) is 0 Å². The first-order valence-corrected chi connectivity index (χ1v) is 7.98. The summed E-state index contributed by atoms with van der Waals surface area (Å²) in [6.07, 6.45) is 0.356. The molecule has 2 atom stereocenters. The Morgan fingerprint density at radius 1 is 1.23 bits per heavy atom. The number of carbonyl (C=O) groups is 1. The molecular weight excluding hydrogens is 276 g/mol. The number of carbonyl (C=O) groups excluding carboxylic acids is 1. The summed E-state index contributed by atoms with van der Waals surface area (Å²) in [7, 11) is 0. The van der Waals surface area contributed by atoms with Gasteiger partial charge < -0.3 is 15.7 Å². The number of urea groups is 1. The van der Waals surface area contributed by atoms with Crippen molar-refractivity contribution < 1.29 is 9.90 Å². The molecular formula is C18H30N2O2. The first-order chi connectivity index (χ1) is 10.2. The number of aryl methyl sites for hydroxylation is 1. The summed E-state index contributed by atoms with van der Waals surface area (Å²) in [5.41, 5.74) is 2.37. The summed E-state index contributed by atoms with van der Waals surface area (Å²) < 4.78 is 0. The summed E-state index contributed by atoms with van der Waals surface area (Å²) in [5, 5.41) is 15.1. The molecule has 0 aliphatic rings. The highest BCUT2D eigenvalue weighted by Gasteiger charge is 2.23. The van der Waals surface area contributed by atoms with Crippen LogP contribution in [0.2, 0.25) is 0 Å². The number of aliphatic hydroxyl groups excluding tert-OH is 1. The second-order valence-electron chi connectivity index (χ2n) is 6.95. The van der Waals surface area contributed by atoms with E-state index in [9.17, 15) is 9.90 Å². The zero-order valence-corrected chi connectivity index (χ0v) is 14.4. The van der Waals surface area contributed by atoms with Gasteiger partial charge in [-0.3, -0.25) is 0 Å². The van der Waals surface area contributed by atoms with Crippen LogP contribution in [0.3, 0.4) is 0 Å². The van der Waals surface area contributed by atoms with E-state index in [1.165, 1.54) is 11.1 Å². The Morgan fingerprint density at radius 2 is 1.86 bits per heavy atom. The van der Waals surface area contributed by atoms with E-state index >= 15 is 0 Å². The lowest BCUT2D eigenvalue weighted by atomic mass is 9.82. The Labute approximate surface area is 134 Å². The van der Waals surface area contributed by atoms with E-state index in [4.69, 9.17) is 0 Å². The van der Waals surface area contributed by atoms with Gasteiger partial charge in [-0.05, 0) is 37.3 Å². The number of hydrogen-bond donors (Lipinski definition) is 3. The van der Waals surface area contributed by atoms with Crippen molar-refractivity contribution in [1.82, 2.24) is 10.6 Å². The van der Waals surface area contributed by atoms with Gasteiger partial charge in [0.05, 0.1) is 6.10 Å². The molecule has 4 heteroatoms. The fourth-order valence-electron chi connectivity index (χ4n) is 2.72. The van der Waals surface area contributed by atoms with Crippen LogP contribution in [0, 0.1) is 12.8 Å². The van der Waals surface area contributed by atoms with Crippen molar-refractivity contribution in [3.05, 3.63) is 35.4 Å². The minimum absolute atomic E-state index is 0.117. The van der Waals surface area contributed by atoms with Gasteiger partial charge in [-0.25, -0.2) is 4.79 Å². The molecule has 1 rings (SSSR count). The third-order valence-electron chi connectivity index (χ3n) is 3.92. The van der Waals surface area contributed by atoms with Gasteiger partial charge in [-0.2, -0.15) is 0 Å². The van der Waals surface area contributed by atoms with Gasteiger partial charge in [-0.15, -0.1) is 0 Å². The van der Waals surface area contributed by atoms with E-state index in [1.807, 2.05) is 19.1 Å². The second-order valence-corrected chi connectivity index (χ2v) is 6.95. The van der Waals surface area contributed by atoms with Crippen molar-refractivity contribution in [3.8, 4) is 0 Å². The molecule has 0 bridgehead atoms.